The second-order valence-electron chi connectivity index (χ2n) is 4.20. The van der Waals surface area contributed by atoms with Crippen molar-refractivity contribution in [1.82, 2.24) is 9.62 Å². The van der Waals surface area contributed by atoms with E-state index >= 15 is 0 Å². The minimum Gasteiger partial charge on any atom is -0.480 e. The van der Waals surface area contributed by atoms with Crippen molar-refractivity contribution in [1.29, 1.82) is 0 Å². The lowest BCUT2D eigenvalue weighted by Crippen LogP contribution is -2.59. The van der Waals surface area contributed by atoms with Gasteiger partial charge in [0.1, 0.15) is 6.04 Å². The molecule has 10 heteroatoms. The molecule has 2 N–H and O–H groups in total. The van der Waals surface area contributed by atoms with E-state index in [4.69, 9.17) is 5.11 Å². The lowest BCUT2D eigenvalue weighted by molar-refractivity contribution is -0.143. The highest BCUT2D eigenvalue weighted by molar-refractivity contribution is 7.89. The Kier molecular flexibility index (Phi) is 5.45. The second-order valence-corrected chi connectivity index (χ2v) is 6.24. The third kappa shape index (κ3) is 4.17. The van der Waals surface area contributed by atoms with Gasteiger partial charge in [-0.2, -0.15) is 4.31 Å². The number of carbonyl (C=O) groups excluding carboxylic acids is 2. The molecule has 20 heavy (non-hydrogen) atoms. The summed E-state index contributed by atoms with van der Waals surface area (Å²) in [6.07, 6.45) is -0.0903. The molecule has 1 atom stereocenters. The van der Waals surface area contributed by atoms with Gasteiger partial charge in [0, 0.05) is 13.0 Å². The van der Waals surface area contributed by atoms with Crippen LogP contribution in [-0.2, 0) is 29.1 Å². The minimum atomic E-state index is -3.93. The van der Waals surface area contributed by atoms with E-state index in [0.717, 1.165) is 0 Å². The zero-order valence-electron chi connectivity index (χ0n) is 10.9. The number of amides is 1. The minimum absolute atomic E-state index is 0.000531. The Morgan fingerprint density at radius 3 is 2.70 bits per heavy atom. The monoisotopic (exact) mass is 308 g/mol. The van der Waals surface area contributed by atoms with Crippen LogP contribution in [0.15, 0.2) is 0 Å². The van der Waals surface area contributed by atoms with Crippen LogP contribution < -0.4 is 5.32 Å². The molecule has 0 aromatic carbocycles. The zero-order chi connectivity index (χ0) is 15.3. The van der Waals surface area contributed by atoms with Crippen LogP contribution in [0.2, 0.25) is 0 Å². The number of nitrogens with one attached hydrogen (secondary N) is 1. The van der Waals surface area contributed by atoms with Crippen molar-refractivity contribution in [3.63, 3.8) is 0 Å². The molecule has 1 amide bonds. The van der Waals surface area contributed by atoms with Crippen molar-refractivity contribution in [2.75, 3.05) is 26.0 Å². The average Bonchev–Trinajstić information content (AvgIpc) is 2.37. The van der Waals surface area contributed by atoms with E-state index in [1.807, 2.05) is 0 Å². The molecule has 1 rings (SSSR count). The number of hydrogen-bond acceptors (Lipinski definition) is 6. The van der Waals surface area contributed by atoms with Gasteiger partial charge < -0.3 is 15.2 Å². The van der Waals surface area contributed by atoms with E-state index in [-0.39, 0.29) is 19.4 Å². The first-order chi connectivity index (χ1) is 9.27. The molecule has 0 aliphatic carbocycles. The SMILES string of the molecule is COC(=O)CCCS(=O)(=O)N1CC(=O)NCC1C(=O)O. The number of carboxylic acid groups (broad SMARTS) is 1. The number of nitrogens with zero attached hydrogens (tertiary/aromatic N) is 1. The molecule has 1 unspecified atom stereocenters. The molecular formula is C10H16N2O7S. The molecule has 1 heterocycles. The van der Waals surface area contributed by atoms with Crippen LogP contribution in [0.1, 0.15) is 12.8 Å². The standard InChI is InChI=1S/C10H16N2O7S/c1-19-9(14)3-2-4-20(17,18)12-6-8(13)11-5-7(12)10(15)16/h7H,2-6H2,1H3,(H,11,13)(H,15,16). The molecule has 0 aromatic heterocycles. The number of rotatable bonds is 6. The molecule has 0 bridgehead atoms. The van der Waals surface area contributed by atoms with Crippen LogP contribution in [0, 0.1) is 0 Å². The van der Waals surface area contributed by atoms with E-state index < -0.39 is 46.2 Å². The maximum absolute atomic E-state index is 12.0. The summed E-state index contributed by atoms with van der Waals surface area (Å²) in [6.45, 7) is -0.804. The van der Waals surface area contributed by atoms with Crippen LogP contribution in [0.4, 0.5) is 0 Å². The van der Waals surface area contributed by atoms with Gasteiger partial charge in [-0.3, -0.25) is 14.4 Å². The topological polar surface area (TPSA) is 130 Å². The highest BCUT2D eigenvalue weighted by atomic mass is 32.2. The van der Waals surface area contributed by atoms with E-state index in [1.54, 1.807) is 0 Å². The molecule has 0 saturated carbocycles. The largest absolute Gasteiger partial charge is 0.480 e. The fourth-order valence-electron chi connectivity index (χ4n) is 1.74. The highest BCUT2D eigenvalue weighted by Crippen LogP contribution is 2.13. The number of aliphatic carboxylic acids is 1. The summed E-state index contributed by atoms with van der Waals surface area (Å²) < 4.78 is 29.1. The van der Waals surface area contributed by atoms with Gasteiger partial charge in [0.15, 0.2) is 0 Å². The molecule has 1 saturated heterocycles. The quantitative estimate of drug-likeness (QED) is 0.551. The molecule has 0 aromatic rings. The Labute approximate surface area is 115 Å². The Bertz CT molecular complexity index is 502. The first-order valence-electron chi connectivity index (χ1n) is 5.83. The van der Waals surface area contributed by atoms with Crippen molar-refractivity contribution < 1.29 is 32.6 Å². The molecule has 1 aliphatic heterocycles. The number of piperazine rings is 1. The summed E-state index contributed by atoms with van der Waals surface area (Å²) in [5, 5.41) is 11.3. The van der Waals surface area contributed by atoms with Gasteiger partial charge >= 0.3 is 11.9 Å². The first kappa shape index (κ1) is 16.4. The van der Waals surface area contributed by atoms with Crippen LogP contribution in [0.3, 0.4) is 0 Å². The molecule has 1 fully saturated rings. The Hall–Kier alpha value is -1.68. The summed E-state index contributed by atoms with van der Waals surface area (Å²) in [4.78, 5) is 33.2. The molecule has 0 radical (unpaired) electrons. The van der Waals surface area contributed by atoms with Crippen molar-refractivity contribution in [3.05, 3.63) is 0 Å². The summed E-state index contributed by atoms with van der Waals surface area (Å²) in [5.41, 5.74) is 0. The van der Waals surface area contributed by atoms with Gasteiger partial charge in [0.05, 0.1) is 19.4 Å². The number of esters is 1. The Morgan fingerprint density at radius 2 is 2.15 bits per heavy atom. The summed E-state index contributed by atoms with van der Waals surface area (Å²) in [7, 11) is -2.74. The Balaban J connectivity index is 2.74. The summed E-state index contributed by atoms with van der Waals surface area (Å²) in [6, 6.07) is -1.32. The van der Waals surface area contributed by atoms with Crippen molar-refractivity contribution >= 4 is 27.9 Å². The van der Waals surface area contributed by atoms with E-state index in [9.17, 15) is 22.8 Å². The van der Waals surface area contributed by atoms with E-state index in [2.05, 4.69) is 10.1 Å². The molecular weight excluding hydrogens is 292 g/mol. The number of ether oxygens (including phenoxy) is 1. The number of hydrogen-bond donors (Lipinski definition) is 2. The van der Waals surface area contributed by atoms with Gasteiger partial charge in [-0.1, -0.05) is 0 Å². The van der Waals surface area contributed by atoms with Crippen molar-refractivity contribution in [2.45, 2.75) is 18.9 Å². The molecule has 0 spiro atoms. The number of sulfonamides is 1. The lowest BCUT2D eigenvalue weighted by atomic mass is 10.2. The van der Waals surface area contributed by atoms with Crippen LogP contribution in [-0.4, -0.2) is 67.7 Å². The van der Waals surface area contributed by atoms with Crippen molar-refractivity contribution in [3.8, 4) is 0 Å². The zero-order valence-corrected chi connectivity index (χ0v) is 11.7. The first-order valence-corrected chi connectivity index (χ1v) is 7.44. The maximum Gasteiger partial charge on any atom is 0.323 e. The van der Waals surface area contributed by atoms with Gasteiger partial charge in [-0.15, -0.1) is 0 Å². The molecule has 114 valence electrons. The second kappa shape index (κ2) is 6.66. The summed E-state index contributed by atoms with van der Waals surface area (Å²) in [5.74, 6) is -2.86. The molecule has 1 aliphatic rings. The van der Waals surface area contributed by atoms with Gasteiger partial charge in [-0.05, 0) is 6.42 Å². The van der Waals surface area contributed by atoms with Gasteiger partial charge in [0.25, 0.3) is 0 Å². The maximum atomic E-state index is 12.0. The summed E-state index contributed by atoms with van der Waals surface area (Å²) >= 11 is 0. The predicted octanol–water partition coefficient (Wildman–Crippen LogP) is -1.85. The highest BCUT2D eigenvalue weighted by Gasteiger charge is 2.39. The number of carboxylic acids is 1. The predicted molar refractivity (Wildman–Crippen MR) is 66.2 cm³/mol. The van der Waals surface area contributed by atoms with E-state index in [0.29, 0.717) is 4.31 Å². The fourth-order valence-corrected chi connectivity index (χ4v) is 3.35. The average molecular weight is 308 g/mol. The van der Waals surface area contributed by atoms with Gasteiger partial charge in [-0.25, -0.2) is 8.42 Å². The van der Waals surface area contributed by atoms with Crippen molar-refractivity contribution in [2.24, 2.45) is 0 Å². The smallest absolute Gasteiger partial charge is 0.323 e. The Morgan fingerprint density at radius 1 is 1.50 bits per heavy atom. The van der Waals surface area contributed by atoms with Gasteiger partial charge in [0.2, 0.25) is 15.9 Å². The van der Waals surface area contributed by atoms with E-state index in [1.165, 1.54) is 7.11 Å². The van der Waals surface area contributed by atoms with Crippen LogP contribution in [0.5, 0.6) is 0 Å². The third-order valence-corrected chi connectivity index (χ3v) is 4.70. The van der Waals surface area contributed by atoms with Crippen LogP contribution >= 0.6 is 0 Å². The fraction of sp³-hybridized carbons (Fsp3) is 0.700. The third-order valence-electron chi connectivity index (χ3n) is 2.79. The number of methoxy groups -OCH3 is 1. The van der Waals surface area contributed by atoms with Crippen LogP contribution in [0.25, 0.3) is 0 Å². The normalized spacial score (nSPS) is 20.2. The lowest BCUT2D eigenvalue weighted by Gasteiger charge is -2.31. The molecule has 9 nitrogen and oxygen atoms in total. The number of carbonyl (C=O) groups is 3.